The molecule has 2 aromatic rings. The van der Waals surface area contributed by atoms with E-state index in [1.165, 1.54) is 22.3 Å². The predicted molar refractivity (Wildman–Crippen MR) is 67.9 cm³/mol. The second-order valence-corrected chi connectivity index (χ2v) is 4.28. The number of hydrogen-bond donors (Lipinski definition) is 0. The fraction of sp³-hybridized carbons (Fsp3) is 0.200. The minimum atomic E-state index is 0.790. The molecular formula is C15H14NO. The molecule has 1 aromatic carbocycles. The highest BCUT2D eigenvalue weighted by Gasteiger charge is 2.12. The van der Waals surface area contributed by atoms with Crippen LogP contribution in [0.5, 0.6) is 5.75 Å². The van der Waals surface area contributed by atoms with Gasteiger partial charge in [0.2, 0.25) is 0 Å². The Balaban J connectivity index is 2.07. The molecule has 17 heavy (non-hydrogen) atoms. The third kappa shape index (κ3) is 1.91. The highest BCUT2D eigenvalue weighted by Crippen LogP contribution is 2.31. The third-order valence-corrected chi connectivity index (χ3v) is 3.10. The predicted octanol–water partition coefficient (Wildman–Crippen LogP) is 3.39. The van der Waals surface area contributed by atoms with Crippen molar-refractivity contribution >= 4 is 0 Å². The van der Waals surface area contributed by atoms with Crippen LogP contribution in [-0.4, -0.2) is 11.6 Å². The van der Waals surface area contributed by atoms with E-state index in [0.29, 0.717) is 0 Å². The van der Waals surface area contributed by atoms with Crippen LogP contribution >= 0.6 is 0 Å². The van der Waals surface area contributed by atoms with E-state index in [1.807, 2.05) is 24.5 Å². The molecule has 2 heterocycles. The van der Waals surface area contributed by atoms with Gasteiger partial charge in [-0.25, -0.2) is 0 Å². The molecule has 85 valence electrons. The fourth-order valence-corrected chi connectivity index (χ4v) is 2.16. The monoisotopic (exact) mass is 224 g/mol. The van der Waals surface area contributed by atoms with Crippen LogP contribution < -0.4 is 4.74 Å². The SMILES string of the molecule is Cc1ccncc1-c1ccc2c(c1)[CH]CCO2. The van der Waals surface area contributed by atoms with Crippen LogP contribution in [0.4, 0.5) is 0 Å². The normalized spacial score (nSPS) is 13.9. The number of pyridine rings is 1. The van der Waals surface area contributed by atoms with Gasteiger partial charge in [0, 0.05) is 18.0 Å². The Morgan fingerprint density at radius 2 is 2.18 bits per heavy atom. The topological polar surface area (TPSA) is 22.1 Å². The van der Waals surface area contributed by atoms with Gasteiger partial charge in [-0.2, -0.15) is 0 Å². The van der Waals surface area contributed by atoms with Gasteiger partial charge in [0.25, 0.3) is 0 Å². The molecule has 0 aliphatic carbocycles. The molecule has 0 spiro atoms. The number of ether oxygens (including phenoxy) is 1. The Kier molecular flexibility index (Phi) is 2.56. The van der Waals surface area contributed by atoms with E-state index in [0.717, 1.165) is 18.8 Å². The summed E-state index contributed by atoms with van der Waals surface area (Å²) in [5.74, 6) is 0.988. The van der Waals surface area contributed by atoms with E-state index in [4.69, 9.17) is 4.74 Å². The molecule has 2 heteroatoms. The number of rotatable bonds is 1. The maximum absolute atomic E-state index is 5.60. The van der Waals surface area contributed by atoms with E-state index in [1.54, 1.807) is 0 Å². The second-order valence-electron chi connectivity index (χ2n) is 4.28. The maximum Gasteiger partial charge on any atom is 0.122 e. The fourth-order valence-electron chi connectivity index (χ4n) is 2.16. The molecule has 0 saturated heterocycles. The summed E-state index contributed by atoms with van der Waals surface area (Å²) < 4.78 is 5.60. The summed E-state index contributed by atoms with van der Waals surface area (Å²) in [5, 5.41) is 0. The summed E-state index contributed by atoms with van der Waals surface area (Å²) in [6.07, 6.45) is 6.96. The number of aryl methyl sites for hydroxylation is 1. The number of benzene rings is 1. The first-order chi connectivity index (χ1) is 8.34. The molecule has 0 atom stereocenters. The van der Waals surface area contributed by atoms with Crippen molar-refractivity contribution in [2.24, 2.45) is 0 Å². The van der Waals surface area contributed by atoms with Crippen molar-refractivity contribution < 1.29 is 4.74 Å². The van der Waals surface area contributed by atoms with Gasteiger partial charge in [-0.1, -0.05) is 6.07 Å². The lowest BCUT2D eigenvalue weighted by atomic mass is 9.98. The van der Waals surface area contributed by atoms with Crippen molar-refractivity contribution in [2.75, 3.05) is 6.61 Å². The van der Waals surface area contributed by atoms with Gasteiger partial charge in [-0.15, -0.1) is 0 Å². The maximum atomic E-state index is 5.60. The molecule has 1 radical (unpaired) electrons. The summed E-state index contributed by atoms with van der Waals surface area (Å²) in [7, 11) is 0. The van der Waals surface area contributed by atoms with E-state index in [2.05, 4.69) is 30.5 Å². The highest BCUT2D eigenvalue weighted by molar-refractivity contribution is 5.68. The third-order valence-electron chi connectivity index (χ3n) is 3.10. The standard InChI is InChI=1S/C15H14NO/c1-11-6-7-16-10-14(11)12-4-5-15-13(9-12)3-2-8-17-15/h3-7,9-10H,2,8H2,1H3. The quantitative estimate of drug-likeness (QED) is 0.740. The lowest BCUT2D eigenvalue weighted by Crippen LogP contribution is -2.06. The van der Waals surface area contributed by atoms with Crippen LogP contribution in [-0.2, 0) is 0 Å². The first-order valence-corrected chi connectivity index (χ1v) is 5.85. The van der Waals surface area contributed by atoms with Crippen LogP contribution in [0.2, 0.25) is 0 Å². The van der Waals surface area contributed by atoms with Gasteiger partial charge in [0.15, 0.2) is 0 Å². The van der Waals surface area contributed by atoms with Crippen molar-refractivity contribution in [3.63, 3.8) is 0 Å². The molecule has 1 aliphatic heterocycles. The minimum absolute atomic E-state index is 0.790. The van der Waals surface area contributed by atoms with E-state index < -0.39 is 0 Å². The molecule has 3 rings (SSSR count). The van der Waals surface area contributed by atoms with E-state index in [9.17, 15) is 0 Å². The van der Waals surface area contributed by atoms with E-state index in [-0.39, 0.29) is 0 Å². The number of fused-ring (bicyclic) bond motifs is 1. The van der Waals surface area contributed by atoms with Crippen LogP contribution in [0.1, 0.15) is 17.5 Å². The Labute approximate surface area is 101 Å². The molecule has 0 N–H and O–H groups in total. The molecule has 0 amide bonds. The zero-order chi connectivity index (χ0) is 11.7. The summed E-state index contributed by atoms with van der Waals surface area (Å²) >= 11 is 0. The van der Waals surface area contributed by atoms with Crippen molar-refractivity contribution in [1.29, 1.82) is 0 Å². The summed E-state index contributed by atoms with van der Waals surface area (Å²) in [4.78, 5) is 4.19. The average molecular weight is 224 g/mol. The molecular weight excluding hydrogens is 210 g/mol. The zero-order valence-corrected chi connectivity index (χ0v) is 9.81. The summed E-state index contributed by atoms with van der Waals surface area (Å²) in [6, 6.07) is 8.36. The largest absolute Gasteiger partial charge is 0.493 e. The molecule has 2 nitrogen and oxygen atoms in total. The molecule has 1 aromatic heterocycles. The number of nitrogens with zero attached hydrogens (tertiary/aromatic N) is 1. The number of hydrogen-bond acceptors (Lipinski definition) is 2. The molecule has 0 saturated carbocycles. The highest BCUT2D eigenvalue weighted by atomic mass is 16.5. The van der Waals surface area contributed by atoms with Gasteiger partial charge in [0.1, 0.15) is 5.75 Å². The van der Waals surface area contributed by atoms with Gasteiger partial charge < -0.3 is 4.74 Å². The van der Waals surface area contributed by atoms with Gasteiger partial charge >= 0.3 is 0 Å². The average Bonchev–Trinajstić information content (AvgIpc) is 2.39. The van der Waals surface area contributed by atoms with E-state index >= 15 is 0 Å². The van der Waals surface area contributed by atoms with Crippen LogP contribution in [0.25, 0.3) is 11.1 Å². The summed E-state index contributed by atoms with van der Waals surface area (Å²) in [5.41, 5.74) is 4.83. The first-order valence-electron chi connectivity index (χ1n) is 5.85. The Morgan fingerprint density at radius 1 is 1.24 bits per heavy atom. The number of aromatic nitrogens is 1. The molecule has 1 aliphatic rings. The summed E-state index contributed by atoms with van der Waals surface area (Å²) in [6.45, 7) is 2.90. The van der Waals surface area contributed by atoms with Gasteiger partial charge in [-0.3, -0.25) is 4.98 Å². The van der Waals surface area contributed by atoms with Gasteiger partial charge in [-0.05, 0) is 54.7 Å². The molecule has 0 bridgehead atoms. The van der Waals surface area contributed by atoms with Crippen molar-refractivity contribution in [3.05, 3.63) is 54.2 Å². The van der Waals surface area contributed by atoms with Crippen molar-refractivity contribution in [2.45, 2.75) is 13.3 Å². The first kappa shape index (κ1) is 10.3. The molecule has 0 fully saturated rings. The Hall–Kier alpha value is -1.83. The second kappa shape index (κ2) is 4.21. The van der Waals surface area contributed by atoms with Crippen molar-refractivity contribution in [1.82, 2.24) is 4.98 Å². The van der Waals surface area contributed by atoms with Crippen LogP contribution in [0, 0.1) is 13.3 Å². The van der Waals surface area contributed by atoms with Gasteiger partial charge in [0.05, 0.1) is 6.61 Å². The lowest BCUT2D eigenvalue weighted by molar-refractivity contribution is 0.306. The van der Waals surface area contributed by atoms with Crippen LogP contribution in [0.15, 0.2) is 36.7 Å². The smallest absolute Gasteiger partial charge is 0.122 e. The van der Waals surface area contributed by atoms with Crippen LogP contribution in [0.3, 0.4) is 0 Å². The lowest BCUT2D eigenvalue weighted by Gasteiger charge is -2.18. The Morgan fingerprint density at radius 3 is 3.06 bits per heavy atom. The zero-order valence-electron chi connectivity index (χ0n) is 9.81. The van der Waals surface area contributed by atoms with Crippen molar-refractivity contribution in [3.8, 4) is 16.9 Å². The Bertz CT molecular complexity index is 548. The molecule has 0 unspecified atom stereocenters. The minimum Gasteiger partial charge on any atom is -0.493 e.